The first-order valence-electron chi connectivity index (χ1n) is 4.83. The van der Waals surface area contributed by atoms with Crippen molar-refractivity contribution in [3.05, 3.63) is 0 Å². The van der Waals surface area contributed by atoms with E-state index in [1.807, 2.05) is 27.7 Å². The highest BCUT2D eigenvalue weighted by Crippen LogP contribution is 2.35. The molecular weight excluding hydrogens is 193 g/mol. The second-order valence-electron chi connectivity index (χ2n) is 4.76. The summed E-state index contributed by atoms with van der Waals surface area (Å²) in [6, 6.07) is 0. The minimum atomic E-state index is -4.49. The van der Waals surface area contributed by atoms with Crippen LogP contribution in [0.2, 0.25) is 0 Å². The van der Waals surface area contributed by atoms with Gasteiger partial charge in [0.25, 0.3) is 0 Å². The van der Waals surface area contributed by atoms with Gasteiger partial charge in [0.05, 0.1) is 0 Å². The number of aliphatic hydroxyl groups is 1. The summed E-state index contributed by atoms with van der Waals surface area (Å²) in [6.07, 6.45) is -6.23. The van der Waals surface area contributed by atoms with E-state index in [1.165, 1.54) is 0 Å². The zero-order valence-electron chi connectivity index (χ0n) is 9.15. The molecule has 0 fully saturated rings. The van der Waals surface area contributed by atoms with E-state index in [4.69, 9.17) is 5.11 Å². The maximum atomic E-state index is 12.1. The molecule has 0 rings (SSSR count). The average molecular weight is 212 g/mol. The van der Waals surface area contributed by atoms with Crippen LogP contribution in [0.3, 0.4) is 0 Å². The quantitative estimate of drug-likeness (QED) is 0.760. The number of halogens is 3. The van der Waals surface area contributed by atoms with Crippen molar-refractivity contribution in [2.45, 2.75) is 52.8 Å². The van der Waals surface area contributed by atoms with Crippen molar-refractivity contribution in [1.29, 1.82) is 0 Å². The zero-order valence-corrected chi connectivity index (χ0v) is 9.15. The molecule has 0 aliphatic carbocycles. The van der Waals surface area contributed by atoms with Crippen LogP contribution < -0.4 is 0 Å². The molecule has 0 radical (unpaired) electrons. The molecule has 0 spiro atoms. The summed E-state index contributed by atoms with van der Waals surface area (Å²) >= 11 is 0. The molecular formula is C10H19F3O. The minimum absolute atomic E-state index is 0.112. The summed E-state index contributed by atoms with van der Waals surface area (Å²) < 4.78 is 36.3. The van der Waals surface area contributed by atoms with Gasteiger partial charge in [0.2, 0.25) is 0 Å². The van der Waals surface area contributed by atoms with E-state index < -0.39 is 12.3 Å². The lowest BCUT2D eigenvalue weighted by atomic mass is 9.76. The van der Waals surface area contributed by atoms with Gasteiger partial charge in [-0.25, -0.2) is 0 Å². The molecule has 0 aromatic carbocycles. The van der Waals surface area contributed by atoms with Crippen LogP contribution in [0.1, 0.15) is 40.5 Å². The standard InChI is InChI=1S/C10H19F3O/c1-5-7(9(2,3)4)6-8(14)10(11,12)13/h7-8,14H,5-6H2,1-4H3. The summed E-state index contributed by atoms with van der Waals surface area (Å²) in [5.74, 6) is -0.112. The number of hydrogen-bond donors (Lipinski definition) is 1. The lowest BCUT2D eigenvalue weighted by Crippen LogP contribution is -2.34. The Bertz CT molecular complexity index is 169. The van der Waals surface area contributed by atoms with E-state index in [0.717, 1.165) is 0 Å². The number of aliphatic hydroxyl groups excluding tert-OH is 1. The molecule has 0 aliphatic heterocycles. The van der Waals surface area contributed by atoms with Crippen molar-refractivity contribution < 1.29 is 18.3 Å². The molecule has 2 unspecified atom stereocenters. The zero-order chi connectivity index (χ0) is 11.6. The number of hydrogen-bond acceptors (Lipinski definition) is 1. The molecule has 0 aromatic heterocycles. The van der Waals surface area contributed by atoms with Crippen molar-refractivity contribution in [2.75, 3.05) is 0 Å². The number of rotatable bonds is 3. The molecule has 2 atom stereocenters. The molecule has 0 bridgehead atoms. The van der Waals surface area contributed by atoms with E-state index >= 15 is 0 Å². The molecule has 4 heteroatoms. The van der Waals surface area contributed by atoms with Crippen LogP contribution >= 0.6 is 0 Å². The van der Waals surface area contributed by atoms with Crippen molar-refractivity contribution in [3.8, 4) is 0 Å². The Hall–Kier alpha value is -0.250. The summed E-state index contributed by atoms with van der Waals surface area (Å²) in [5, 5.41) is 8.93. The fraction of sp³-hybridized carbons (Fsp3) is 1.00. The summed E-state index contributed by atoms with van der Waals surface area (Å²) in [6.45, 7) is 7.53. The smallest absolute Gasteiger partial charge is 0.384 e. The second kappa shape index (κ2) is 4.51. The van der Waals surface area contributed by atoms with E-state index in [2.05, 4.69) is 0 Å². The van der Waals surface area contributed by atoms with Crippen LogP contribution in [0.25, 0.3) is 0 Å². The third-order valence-corrected chi connectivity index (χ3v) is 2.60. The summed E-state index contributed by atoms with van der Waals surface area (Å²) in [5.41, 5.74) is -0.193. The maximum absolute atomic E-state index is 12.1. The molecule has 0 saturated carbocycles. The van der Waals surface area contributed by atoms with Crippen LogP contribution in [0.5, 0.6) is 0 Å². The topological polar surface area (TPSA) is 20.2 Å². The molecule has 0 amide bonds. The van der Waals surface area contributed by atoms with Gasteiger partial charge in [-0.15, -0.1) is 0 Å². The Morgan fingerprint density at radius 3 is 1.79 bits per heavy atom. The molecule has 0 aliphatic rings. The molecule has 0 saturated heterocycles. The third kappa shape index (κ3) is 4.31. The first-order valence-corrected chi connectivity index (χ1v) is 4.83. The first kappa shape index (κ1) is 13.8. The largest absolute Gasteiger partial charge is 0.414 e. The Labute approximate surface area is 83.3 Å². The Morgan fingerprint density at radius 1 is 1.14 bits per heavy atom. The van der Waals surface area contributed by atoms with Gasteiger partial charge in [-0.1, -0.05) is 34.1 Å². The predicted molar refractivity (Wildman–Crippen MR) is 49.9 cm³/mol. The molecule has 0 heterocycles. The van der Waals surface area contributed by atoms with Gasteiger partial charge in [0.1, 0.15) is 6.10 Å². The van der Waals surface area contributed by atoms with Crippen molar-refractivity contribution in [2.24, 2.45) is 11.3 Å². The Kier molecular flexibility index (Phi) is 4.43. The van der Waals surface area contributed by atoms with Crippen molar-refractivity contribution in [1.82, 2.24) is 0 Å². The molecule has 0 aromatic rings. The van der Waals surface area contributed by atoms with Gasteiger partial charge >= 0.3 is 6.18 Å². The first-order chi connectivity index (χ1) is 6.09. The monoisotopic (exact) mass is 212 g/mol. The van der Waals surface area contributed by atoms with Gasteiger partial charge in [-0.2, -0.15) is 13.2 Å². The van der Waals surface area contributed by atoms with E-state index in [9.17, 15) is 13.2 Å². The van der Waals surface area contributed by atoms with Crippen molar-refractivity contribution >= 4 is 0 Å². The van der Waals surface area contributed by atoms with Gasteiger partial charge in [-0.05, 0) is 17.8 Å². The highest BCUT2D eigenvalue weighted by Gasteiger charge is 2.40. The maximum Gasteiger partial charge on any atom is 0.414 e. The van der Waals surface area contributed by atoms with Crippen LogP contribution in [-0.4, -0.2) is 17.4 Å². The Balaban J connectivity index is 4.34. The predicted octanol–water partition coefficient (Wildman–Crippen LogP) is 3.37. The van der Waals surface area contributed by atoms with E-state index in [-0.39, 0.29) is 17.8 Å². The van der Waals surface area contributed by atoms with Gasteiger partial charge < -0.3 is 5.11 Å². The molecule has 1 nitrogen and oxygen atoms in total. The van der Waals surface area contributed by atoms with Crippen LogP contribution in [0.15, 0.2) is 0 Å². The number of alkyl halides is 3. The minimum Gasteiger partial charge on any atom is -0.384 e. The van der Waals surface area contributed by atoms with Crippen LogP contribution in [0.4, 0.5) is 13.2 Å². The van der Waals surface area contributed by atoms with E-state index in [1.54, 1.807) is 0 Å². The highest BCUT2D eigenvalue weighted by molar-refractivity contribution is 4.78. The molecule has 1 N–H and O–H groups in total. The SMILES string of the molecule is CCC(CC(O)C(F)(F)F)C(C)(C)C. The van der Waals surface area contributed by atoms with Gasteiger partial charge in [-0.3, -0.25) is 0 Å². The fourth-order valence-electron chi connectivity index (χ4n) is 1.54. The Morgan fingerprint density at radius 2 is 1.57 bits per heavy atom. The van der Waals surface area contributed by atoms with Gasteiger partial charge in [0.15, 0.2) is 0 Å². The van der Waals surface area contributed by atoms with Gasteiger partial charge in [0, 0.05) is 0 Å². The average Bonchev–Trinajstić information content (AvgIpc) is 1.95. The molecule has 14 heavy (non-hydrogen) atoms. The van der Waals surface area contributed by atoms with Crippen LogP contribution in [0, 0.1) is 11.3 Å². The summed E-state index contributed by atoms with van der Waals surface area (Å²) in [4.78, 5) is 0. The highest BCUT2D eigenvalue weighted by atomic mass is 19.4. The second-order valence-corrected chi connectivity index (χ2v) is 4.76. The summed E-state index contributed by atoms with van der Waals surface area (Å²) in [7, 11) is 0. The van der Waals surface area contributed by atoms with Crippen molar-refractivity contribution in [3.63, 3.8) is 0 Å². The third-order valence-electron chi connectivity index (χ3n) is 2.60. The normalized spacial score (nSPS) is 18.0. The van der Waals surface area contributed by atoms with E-state index in [0.29, 0.717) is 6.42 Å². The lowest BCUT2D eigenvalue weighted by molar-refractivity contribution is -0.210. The fourth-order valence-corrected chi connectivity index (χ4v) is 1.54. The van der Waals surface area contributed by atoms with Crippen LogP contribution in [-0.2, 0) is 0 Å². The molecule has 86 valence electrons. The lowest BCUT2D eigenvalue weighted by Gasteiger charge is -2.31.